The van der Waals surface area contributed by atoms with Gasteiger partial charge in [0, 0.05) is 6.42 Å². The first-order valence-corrected chi connectivity index (χ1v) is 12.8. The minimum Gasteiger partial charge on any atom is -0.458 e. The molecule has 0 aromatic carbocycles. The highest BCUT2D eigenvalue weighted by molar-refractivity contribution is 5.86. The maximum atomic E-state index is 11.7. The molecule has 0 spiro atoms. The highest BCUT2D eigenvalue weighted by atomic mass is 16.5. The molecular weight excluding hydrogens is 424 g/mol. The van der Waals surface area contributed by atoms with Crippen LogP contribution in [0.25, 0.3) is 0 Å². The summed E-state index contributed by atoms with van der Waals surface area (Å²) in [4.78, 5) is 23.3. The van der Waals surface area contributed by atoms with Crippen LogP contribution in [0.5, 0.6) is 0 Å². The van der Waals surface area contributed by atoms with Gasteiger partial charge in [-0.05, 0) is 6.42 Å². The van der Waals surface area contributed by atoms with Gasteiger partial charge in [0.15, 0.2) is 6.61 Å². The summed E-state index contributed by atoms with van der Waals surface area (Å²) in [6.07, 6.45) is 13.5. The molecule has 0 aliphatic carbocycles. The molecule has 7 heteroatoms. The van der Waals surface area contributed by atoms with Gasteiger partial charge in [0.2, 0.25) is 5.78 Å². The average molecular weight is 475 g/mol. The topological polar surface area (TPSA) is 124 Å². The third kappa shape index (κ3) is 21.0. The molecule has 7 nitrogen and oxygen atoms in total. The maximum absolute atomic E-state index is 11.7. The first kappa shape index (κ1) is 33.9. The lowest BCUT2D eigenvalue weighted by atomic mass is 10.0. The van der Waals surface area contributed by atoms with Crippen molar-refractivity contribution in [1.82, 2.24) is 0 Å². The van der Waals surface area contributed by atoms with Crippen LogP contribution in [0.1, 0.15) is 110 Å². The zero-order chi connectivity index (χ0) is 25.3. The van der Waals surface area contributed by atoms with E-state index in [1.165, 1.54) is 77.0 Å². The molecule has 0 bridgehead atoms. The molecule has 0 saturated heterocycles. The van der Waals surface area contributed by atoms with Gasteiger partial charge in [-0.2, -0.15) is 0 Å². The predicted molar refractivity (Wildman–Crippen MR) is 132 cm³/mol. The van der Waals surface area contributed by atoms with Crippen LogP contribution < -0.4 is 0 Å². The largest absolute Gasteiger partial charge is 0.458 e. The molecule has 0 amide bonds. The number of Topliss-reactive ketones (excluding diaryl/α,β-unsaturated/α-hetero) is 1. The molecule has 0 aromatic heterocycles. The first-order chi connectivity index (χ1) is 15.9. The Bertz CT molecular complexity index is 456. The van der Waals surface area contributed by atoms with E-state index in [1.54, 1.807) is 0 Å². The van der Waals surface area contributed by atoms with E-state index in [1.807, 2.05) is 0 Å². The Morgan fingerprint density at radius 1 is 0.727 bits per heavy atom. The van der Waals surface area contributed by atoms with Crippen LogP contribution in [-0.4, -0.2) is 63.7 Å². The van der Waals surface area contributed by atoms with Crippen molar-refractivity contribution in [3.8, 4) is 0 Å². The van der Waals surface area contributed by atoms with Crippen LogP contribution in [-0.2, 0) is 14.3 Å². The van der Waals surface area contributed by atoms with Gasteiger partial charge in [0.1, 0.15) is 18.3 Å². The van der Waals surface area contributed by atoms with Crippen molar-refractivity contribution in [3.05, 3.63) is 13.2 Å². The van der Waals surface area contributed by atoms with Crippen LogP contribution in [0.4, 0.5) is 0 Å². The number of ether oxygens (including phenoxy) is 1. The molecular formula is C26H50O7. The third-order valence-electron chi connectivity index (χ3n) is 5.59. The second-order valence-corrected chi connectivity index (χ2v) is 8.51. The van der Waals surface area contributed by atoms with E-state index in [0.29, 0.717) is 6.42 Å². The second kappa shape index (κ2) is 25.3. The number of unbranched alkanes of at least 4 members (excludes halogenated alkanes) is 14. The molecule has 0 radical (unpaired) electrons. The number of ketones is 1. The molecule has 196 valence electrons. The summed E-state index contributed by atoms with van der Waals surface area (Å²) in [5.41, 5.74) is 0. The van der Waals surface area contributed by atoms with Crippen LogP contribution >= 0.6 is 0 Å². The van der Waals surface area contributed by atoms with Crippen molar-refractivity contribution in [2.24, 2.45) is 0 Å². The van der Waals surface area contributed by atoms with E-state index in [2.05, 4.69) is 20.1 Å². The van der Waals surface area contributed by atoms with Crippen molar-refractivity contribution in [1.29, 1.82) is 0 Å². The summed E-state index contributed by atoms with van der Waals surface area (Å²) < 4.78 is 4.80. The van der Waals surface area contributed by atoms with Gasteiger partial charge in [-0.25, -0.2) is 0 Å². The number of esters is 1. The summed E-state index contributed by atoms with van der Waals surface area (Å²) in [6, 6.07) is 0. The molecule has 0 rings (SSSR count). The smallest absolute Gasteiger partial charge is 0.306 e. The Kier molecular flexibility index (Phi) is 26.0. The SMILES string of the molecule is C=C.CCCCCCCCCCCCCCCCCC(=O)OCC(=O)[C@H](O)[C@@H](O)[C@H](O)CO. The van der Waals surface area contributed by atoms with Gasteiger partial charge in [-0.3, -0.25) is 9.59 Å². The fourth-order valence-electron chi connectivity index (χ4n) is 3.46. The lowest BCUT2D eigenvalue weighted by Gasteiger charge is -2.20. The molecule has 0 fully saturated rings. The highest BCUT2D eigenvalue weighted by Crippen LogP contribution is 2.14. The van der Waals surface area contributed by atoms with Crippen molar-refractivity contribution >= 4 is 11.8 Å². The number of hydrogen-bond acceptors (Lipinski definition) is 7. The fraction of sp³-hybridized carbons (Fsp3) is 0.846. The van der Waals surface area contributed by atoms with Gasteiger partial charge >= 0.3 is 5.97 Å². The Labute approximate surface area is 201 Å². The minimum atomic E-state index is -1.90. The van der Waals surface area contributed by atoms with E-state index >= 15 is 0 Å². The molecule has 0 heterocycles. The van der Waals surface area contributed by atoms with Crippen molar-refractivity contribution in [3.63, 3.8) is 0 Å². The minimum absolute atomic E-state index is 0.212. The third-order valence-corrected chi connectivity index (χ3v) is 5.59. The van der Waals surface area contributed by atoms with E-state index in [-0.39, 0.29) is 6.42 Å². The van der Waals surface area contributed by atoms with E-state index in [4.69, 9.17) is 9.84 Å². The zero-order valence-corrected chi connectivity index (χ0v) is 20.9. The molecule has 0 aromatic rings. The zero-order valence-electron chi connectivity index (χ0n) is 20.9. The normalized spacial score (nSPS) is 13.5. The predicted octanol–water partition coefficient (Wildman–Crippen LogP) is 4.24. The van der Waals surface area contributed by atoms with Gasteiger partial charge in [0.05, 0.1) is 6.61 Å². The number of aliphatic hydroxyl groups excluding tert-OH is 4. The highest BCUT2D eigenvalue weighted by Gasteiger charge is 2.30. The van der Waals surface area contributed by atoms with Gasteiger partial charge in [-0.1, -0.05) is 96.8 Å². The summed E-state index contributed by atoms with van der Waals surface area (Å²) in [6.45, 7) is 6.80. The molecule has 4 N–H and O–H groups in total. The lowest BCUT2D eigenvalue weighted by Crippen LogP contribution is -2.45. The lowest BCUT2D eigenvalue weighted by molar-refractivity contribution is -0.155. The molecule has 0 aliphatic rings. The van der Waals surface area contributed by atoms with Crippen molar-refractivity contribution in [2.45, 2.75) is 128 Å². The Balaban J connectivity index is 0. The number of carbonyl (C=O) groups is 2. The average Bonchev–Trinajstić information content (AvgIpc) is 2.84. The van der Waals surface area contributed by atoms with E-state index in [9.17, 15) is 24.9 Å². The maximum Gasteiger partial charge on any atom is 0.306 e. The summed E-state index contributed by atoms with van der Waals surface area (Å²) in [5.74, 6) is -1.43. The first-order valence-electron chi connectivity index (χ1n) is 12.8. The monoisotopic (exact) mass is 474 g/mol. The summed E-state index contributed by atoms with van der Waals surface area (Å²) >= 11 is 0. The Morgan fingerprint density at radius 3 is 1.52 bits per heavy atom. The standard InChI is InChI=1S/C24H46O7.C2H4/c1-2-3-4-5-6-7-8-9-10-11-12-13-14-15-16-17-22(28)31-19-21(27)24(30)23(29)20(26)18-25;1-2/h20,23-26,29-30H,2-19H2,1H3;1-2H2/t20-,23+,24+;/m1./s1. The Hall–Kier alpha value is -1.28. The van der Waals surface area contributed by atoms with Crippen LogP contribution in [0.15, 0.2) is 13.2 Å². The second-order valence-electron chi connectivity index (χ2n) is 8.51. The number of hydrogen-bond donors (Lipinski definition) is 4. The van der Waals surface area contributed by atoms with Crippen molar-refractivity contribution < 1.29 is 34.8 Å². The number of rotatable bonds is 22. The van der Waals surface area contributed by atoms with Crippen LogP contribution in [0.3, 0.4) is 0 Å². The van der Waals surface area contributed by atoms with E-state index < -0.39 is 43.3 Å². The van der Waals surface area contributed by atoms with E-state index in [0.717, 1.165) is 12.8 Å². The number of carbonyl (C=O) groups excluding carboxylic acids is 2. The van der Waals surface area contributed by atoms with Crippen LogP contribution in [0.2, 0.25) is 0 Å². The molecule has 0 unspecified atom stereocenters. The number of aliphatic hydroxyl groups is 4. The molecule has 3 atom stereocenters. The summed E-state index contributed by atoms with van der Waals surface area (Å²) in [7, 11) is 0. The fourth-order valence-corrected chi connectivity index (χ4v) is 3.46. The molecule has 33 heavy (non-hydrogen) atoms. The van der Waals surface area contributed by atoms with Gasteiger partial charge in [-0.15, -0.1) is 13.2 Å². The van der Waals surface area contributed by atoms with Crippen LogP contribution in [0, 0.1) is 0 Å². The quantitative estimate of drug-likeness (QED) is 0.105. The molecule has 0 saturated carbocycles. The van der Waals surface area contributed by atoms with Gasteiger partial charge in [0.25, 0.3) is 0 Å². The van der Waals surface area contributed by atoms with Crippen molar-refractivity contribution in [2.75, 3.05) is 13.2 Å². The molecule has 0 aliphatic heterocycles. The summed E-state index contributed by atoms with van der Waals surface area (Å²) in [5, 5.41) is 36.9. The van der Waals surface area contributed by atoms with Gasteiger partial charge < -0.3 is 25.2 Å². The Morgan fingerprint density at radius 2 is 1.12 bits per heavy atom.